The second-order valence-electron chi connectivity index (χ2n) is 4.85. The number of hydrogen-bond donors (Lipinski definition) is 2. The number of carbonyl (C=O) groups excluding carboxylic acids is 2. The van der Waals surface area contributed by atoms with Crippen LogP contribution in [0.25, 0.3) is 0 Å². The average Bonchev–Trinajstić information content (AvgIpc) is 2.55. The topological polar surface area (TPSA) is 105 Å². The number of ether oxygens (including phenoxy) is 1. The first-order valence-electron chi connectivity index (χ1n) is 6.87. The highest BCUT2D eigenvalue weighted by Crippen LogP contribution is 2.12. The van der Waals surface area contributed by atoms with Gasteiger partial charge in [-0.3, -0.25) is 4.79 Å². The third-order valence-corrected chi connectivity index (χ3v) is 3.06. The number of nitriles is 1. The molecule has 1 atom stereocenters. The van der Waals surface area contributed by atoms with Crippen LogP contribution in [0.2, 0.25) is 0 Å². The van der Waals surface area contributed by atoms with E-state index in [4.69, 9.17) is 15.7 Å². The van der Waals surface area contributed by atoms with Crippen LogP contribution in [0.15, 0.2) is 48.5 Å². The molecule has 6 heteroatoms. The minimum Gasteiger partial charge on any atom is -0.449 e. The van der Waals surface area contributed by atoms with E-state index in [0.29, 0.717) is 22.5 Å². The maximum atomic E-state index is 12.0. The van der Waals surface area contributed by atoms with Crippen molar-refractivity contribution in [1.29, 1.82) is 5.26 Å². The second-order valence-corrected chi connectivity index (χ2v) is 4.85. The Morgan fingerprint density at radius 2 is 1.91 bits per heavy atom. The predicted octanol–water partition coefficient (Wildman–Crippen LogP) is 2.32. The van der Waals surface area contributed by atoms with E-state index in [2.05, 4.69) is 5.32 Å². The Kier molecular flexibility index (Phi) is 4.95. The van der Waals surface area contributed by atoms with E-state index in [1.165, 1.54) is 25.1 Å². The van der Waals surface area contributed by atoms with E-state index in [1.807, 2.05) is 6.07 Å². The van der Waals surface area contributed by atoms with Crippen molar-refractivity contribution in [3.63, 3.8) is 0 Å². The van der Waals surface area contributed by atoms with Crippen LogP contribution in [0, 0.1) is 11.3 Å². The van der Waals surface area contributed by atoms with Crippen molar-refractivity contribution < 1.29 is 14.3 Å². The first kappa shape index (κ1) is 16.0. The van der Waals surface area contributed by atoms with Crippen molar-refractivity contribution in [1.82, 2.24) is 0 Å². The van der Waals surface area contributed by atoms with Gasteiger partial charge in [0.25, 0.3) is 5.91 Å². The molecule has 0 aliphatic carbocycles. The molecule has 0 aliphatic heterocycles. The zero-order valence-electron chi connectivity index (χ0n) is 12.4. The first-order valence-corrected chi connectivity index (χ1v) is 6.87. The SMILES string of the molecule is C[C@@H](OC(=O)c1ccc(N)cc1)C(=O)Nc1cccc(C#N)c1. The summed E-state index contributed by atoms with van der Waals surface area (Å²) in [5, 5.41) is 11.4. The highest BCUT2D eigenvalue weighted by molar-refractivity contribution is 5.97. The lowest BCUT2D eigenvalue weighted by Crippen LogP contribution is -2.30. The molecule has 23 heavy (non-hydrogen) atoms. The van der Waals surface area contributed by atoms with Crippen molar-refractivity contribution in [2.45, 2.75) is 13.0 Å². The normalized spacial score (nSPS) is 11.1. The molecule has 0 saturated carbocycles. The van der Waals surface area contributed by atoms with Crippen LogP contribution < -0.4 is 11.1 Å². The van der Waals surface area contributed by atoms with Crippen LogP contribution >= 0.6 is 0 Å². The molecule has 116 valence electrons. The Labute approximate surface area is 133 Å². The summed E-state index contributed by atoms with van der Waals surface area (Å²) in [7, 11) is 0. The van der Waals surface area contributed by atoms with Crippen molar-refractivity contribution in [3.05, 3.63) is 59.7 Å². The number of hydrogen-bond acceptors (Lipinski definition) is 5. The van der Waals surface area contributed by atoms with Crippen LogP contribution in [0.3, 0.4) is 0 Å². The number of carbonyl (C=O) groups is 2. The molecule has 0 saturated heterocycles. The molecule has 2 aromatic carbocycles. The van der Waals surface area contributed by atoms with Gasteiger partial charge in [-0.05, 0) is 49.4 Å². The number of rotatable bonds is 4. The number of benzene rings is 2. The van der Waals surface area contributed by atoms with Crippen molar-refractivity contribution in [2.24, 2.45) is 0 Å². The summed E-state index contributed by atoms with van der Waals surface area (Å²) in [5.74, 6) is -1.10. The fourth-order valence-corrected chi connectivity index (χ4v) is 1.81. The maximum Gasteiger partial charge on any atom is 0.338 e. The van der Waals surface area contributed by atoms with Crippen molar-refractivity contribution in [3.8, 4) is 6.07 Å². The Balaban J connectivity index is 1.98. The van der Waals surface area contributed by atoms with Crippen LogP contribution in [-0.4, -0.2) is 18.0 Å². The summed E-state index contributed by atoms with van der Waals surface area (Å²) in [6, 6.07) is 14.6. The third kappa shape index (κ3) is 4.32. The van der Waals surface area contributed by atoms with Crippen molar-refractivity contribution in [2.75, 3.05) is 11.1 Å². The largest absolute Gasteiger partial charge is 0.449 e. The fourth-order valence-electron chi connectivity index (χ4n) is 1.81. The van der Waals surface area contributed by atoms with Crippen LogP contribution in [0.1, 0.15) is 22.8 Å². The van der Waals surface area contributed by atoms with Gasteiger partial charge in [-0.15, -0.1) is 0 Å². The van der Waals surface area contributed by atoms with E-state index in [1.54, 1.807) is 30.3 Å². The van der Waals surface area contributed by atoms with E-state index >= 15 is 0 Å². The summed E-state index contributed by atoms with van der Waals surface area (Å²) in [5.41, 5.74) is 7.28. The fraction of sp³-hybridized carbons (Fsp3) is 0.118. The average molecular weight is 309 g/mol. The quantitative estimate of drug-likeness (QED) is 0.666. The van der Waals surface area contributed by atoms with E-state index in [9.17, 15) is 9.59 Å². The van der Waals surface area contributed by atoms with E-state index in [-0.39, 0.29) is 0 Å². The van der Waals surface area contributed by atoms with Crippen LogP contribution in [-0.2, 0) is 9.53 Å². The lowest BCUT2D eigenvalue weighted by molar-refractivity contribution is -0.123. The number of nitrogens with zero attached hydrogens (tertiary/aromatic N) is 1. The molecule has 2 rings (SSSR count). The minimum atomic E-state index is -0.981. The molecular formula is C17H15N3O3. The van der Waals surface area contributed by atoms with Gasteiger partial charge in [0.1, 0.15) is 0 Å². The Morgan fingerprint density at radius 1 is 1.22 bits per heavy atom. The number of amides is 1. The Morgan fingerprint density at radius 3 is 2.57 bits per heavy atom. The molecule has 6 nitrogen and oxygen atoms in total. The summed E-state index contributed by atoms with van der Waals surface area (Å²) in [6.45, 7) is 1.47. The summed E-state index contributed by atoms with van der Waals surface area (Å²) in [6.07, 6.45) is -0.981. The molecule has 0 aromatic heterocycles. The van der Waals surface area contributed by atoms with Crippen LogP contribution in [0.5, 0.6) is 0 Å². The van der Waals surface area contributed by atoms with Gasteiger partial charge in [0.05, 0.1) is 17.2 Å². The first-order chi connectivity index (χ1) is 11.0. The molecule has 0 bridgehead atoms. The molecule has 2 aromatic rings. The van der Waals surface area contributed by atoms with Gasteiger partial charge in [-0.2, -0.15) is 5.26 Å². The zero-order chi connectivity index (χ0) is 16.8. The monoisotopic (exact) mass is 309 g/mol. The molecule has 0 radical (unpaired) electrons. The molecule has 0 aliphatic rings. The molecule has 0 unspecified atom stereocenters. The third-order valence-electron chi connectivity index (χ3n) is 3.06. The summed E-state index contributed by atoms with van der Waals surface area (Å²) >= 11 is 0. The van der Waals surface area contributed by atoms with Gasteiger partial charge in [0.15, 0.2) is 6.10 Å². The van der Waals surface area contributed by atoms with E-state index < -0.39 is 18.0 Å². The predicted molar refractivity (Wildman–Crippen MR) is 85.5 cm³/mol. The smallest absolute Gasteiger partial charge is 0.338 e. The molecule has 0 fully saturated rings. The van der Waals surface area contributed by atoms with Gasteiger partial charge >= 0.3 is 5.97 Å². The molecular weight excluding hydrogens is 294 g/mol. The zero-order valence-corrected chi connectivity index (χ0v) is 12.4. The van der Waals surface area contributed by atoms with Gasteiger partial charge in [-0.25, -0.2) is 4.79 Å². The lowest BCUT2D eigenvalue weighted by atomic mass is 10.2. The van der Waals surface area contributed by atoms with Crippen LogP contribution in [0.4, 0.5) is 11.4 Å². The van der Waals surface area contributed by atoms with Gasteiger partial charge < -0.3 is 15.8 Å². The summed E-state index contributed by atoms with van der Waals surface area (Å²) < 4.78 is 5.11. The Bertz CT molecular complexity index is 763. The number of nitrogens with one attached hydrogen (secondary N) is 1. The minimum absolute atomic E-state index is 0.310. The molecule has 0 spiro atoms. The van der Waals surface area contributed by atoms with Gasteiger partial charge in [0, 0.05) is 11.4 Å². The van der Waals surface area contributed by atoms with E-state index in [0.717, 1.165) is 0 Å². The standard InChI is InChI=1S/C17H15N3O3/c1-11(23-17(22)13-5-7-14(19)8-6-13)16(21)20-15-4-2-3-12(9-15)10-18/h2-9,11H,19H2,1H3,(H,20,21)/t11-/m1/s1. The molecule has 3 N–H and O–H groups in total. The maximum absolute atomic E-state index is 12.0. The second kappa shape index (κ2) is 7.09. The highest BCUT2D eigenvalue weighted by atomic mass is 16.5. The molecule has 0 heterocycles. The summed E-state index contributed by atoms with van der Waals surface area (Å²) in [4.78, 5) is 24.0. The number of nitrogens with two attached hydrogens (primary N) is 1. The van der Waals surface area contributed by atoms with Gasteiger partial charge in [0.2, 0.25) is 0 Å². The van der Waals surface area contributed by atoms with Gasteiger partial charge in [-0.1, -0.05) is 6.07 Å². The number of esters is 1. The highest BCUT2D eigenvalue weighted by Gasteiger charge is 2.19. The Hall–Kier alpha value is -3.33. The number of anilines is 2. The number of nitrogen functional groups attached to an aromatic ring is 1. The van der Waals surface area contributed by atoms with Crippen molar-refractivity contribution >= 4 is 23.3 Å². The molecule has 1 amide bonds. The lowest BCUT2D eigenvalue weighted by Gasteiger charge is -2.13.